The monoisotopic (exact) mass is 353 g/mol. The second kappa shape index (κ2) is 6.71. The number of sulfonamides is 1. The maximum atomic E-state index is 13.2. The number of nitrogens with one attached hydrogen (secondary N) is 1. The van der Waals surface area contributed by atoms with E-state index in [1.807, 2.05) is 11.4 Å². The van der Waals surface area contributed by atoms with Gasteiger partial charge in [0.25, 0.3) is 0 Å². The topological polar surface area (TPSA) is 46.2 Å². The fourth-order valence-corrected chi connectivity index (χ4v) is 5.49. The van der Waals surface area contributed by atoms with Crippen LogP contribution in [0.3, 0.4) is 0 Å². The third-order valence-electron chi connectivity index (χ3n) is 4.48. The molecule has 1 aliphatic rings. The average molecular weight is 353 g/mol. The van der Waals surface area contributed by atoms with Gasteiger partial charge in [-0.1, -0.05) is 31.0 Å². The van der Waals surface area contributed by atoms with E-state index in [4.69, 9.17) is 0 Å². The minimum atomic E-state index is -3.48. The maximum absolute atomic E-state index is 13.2. The van der Waals surface area contributed by atoms with Crippen LogP contribution < -0.4 is 4.72 Å². The number of hydrogen-bond donors (Lipinski definition) is 1. The molecule has 1 heterocycles. The zero-order chi connectivity index (χ0) is 16.3. The Kier molecular flexibility index (Phi) is 4.85. The number of rotatable bonds is 6. The van der Waals surface area contributed by atoms with Crippen molar-refractivity contribution in [3.05, 3.63) is 58.0 Å². The van der Waals surface area contributed by atoms with Crippen molar-refractivity contribution < 1.29 is 12.8 Å². The van der Waals surface area contributed by atoms with E-state index in [1.165, 1.54) is 23.1 Å². The summed E-state index contributed by atoms with van der Waals surface area (Å²) >= 11 is 1.69. The van der Waals surface area contributed by atoms with Gasteiger partial charge in [-0.15, -0.1) is 11.3 Å². The molecule has 1 aromatic carbocycles. The van der Waals surface area contributed by atoms with Crippen molar-refractivity contribution in [1.29, 1.82) is 0 Å². The van der Waals surface area contributed by atoms with Gasteiger partial charge >= 0.3 is 0 Å². The van der Waals surface area contributed by atoms with Gasteiger partial charge in [0.05, 0.1) is 5.75 Å². The molecule has 3 nitrogen and oxygen atoms in total. The molecule has 1 N–H and O–H groups in total. The highest BCUT2D eigenvalue weighted by atomic mass is 32.2. The molecule has 124 valence electrons. The highest BCUT2D eigenvalue weighted by molar-refractivity contribution is 7.88. The van der Waals surface area contributed by atoms with Crippen LogP contribution in [0.2, 0.25) is 0 Å². The van der Waals surface area contributed by atoms with Crippen molar-refractivity contribution in [1.82, 2.24) is 4.72 Å². The highest BCUT2D eigenvalue weighted by Gasteiger charge is 2.37. The Bertz CT molecular complexity index is 751. The lowest BCUT2D eigenvalue weighted by Crippen LogP contribution is -2.39. The van der Waals surface area contributed by atoms with Crippen LogP contribution in [0.4, 0.5) is 4.39 Å². The lowest BCUT2D eigenvalue weighted by molar-refractivity contribution is 0.440. The molecule has 6 heteroatoms. The fourth-order valence-electron chi connectivity index (χ4n) is 3.29. The lowest BCUT2D eigenvalue weighted by atomic mass is 9.85. The van der Waals surface area contributed by atoms with Gasteiger partial charge in [0.15, 0.2) is 0 Å². The van der Waals surface area contributed by atoms with Crippen LogP contribution in [0.1, 0.15) is 36.1 Å². The largest absolute Gasteiger partial charge is 0.215 e. The van der Waals surface area contributed by atoms with Gasteiger partial charge in [0.2, 0.25) is 10.0 Å². The molecular formula is C17H20FNO2S2. The third-order valence-corrected chi connectivity index (χ3v) is 6.89. The molecular weight excluding hydrogens is 333 g/mol. The van der Waals surface area contributed by atoms with Crippen molar-refractivity contribution in [2.24, 2.45) is 0 Å². The third kappa shape index (κ3) is 4.00. The summed E-state index contributed by atoms with van der Waals surface area (Å²) in [5, 5.41) is 2.04. The Morgan fingerprint density at radius 2 is 1.96 bits per heavy atom. The van der Waals surface area contributed by atoms with Crippen LogP contribution in [-0.4, -0.2) is 15.0 Å². The smallest absolute Gasteiger partial charge is 0.214 e. The van der Waals surface area contributed by atoms with E-state index in [-0.39, 0.29) is 11.2 Å². The lowest BCUT2D eigenvalue weighted by Gasteiger charge is -2.28. The standard InChI is InChI=1S/C17H20FNO2S2/c18-15-6-3-5-14(11-15)12-23(20,21)19-13-17(8-1-2-9-17)16-7-4-10-22-16/h3-7,10-11,19H,1-2,8-9,12-13H2. The van der Waals surface area contributed by atoms with Crippen LogP contribution in [0, 0.1) is 5.82 Å². The molecule has 1 aromatic heterocycles. The minimum absolute atomic E-state index is 0.0802. The van der Waals surface area contributed by atoms with Gasteiger partial charge in [-0.05, 0) is 42.0 Å². The van der Waals surface area contributed by atoms with Crippen LogP contribution >= 0.6 is 11.3 Å². The predicted molar refractivity (Wildman–Crippen MR) is 91.5 cm³/mol. The molecule has 1 fully saturated rings. The van der Waals surface area contributed by atoms with Gasteiger partial charge in [-0.25, -0.2) is 17.5 Å². The van der Waals surface area contributed by atoms with E-state index in [1.54, 1.807) is 17.4 Å². The summed E-state index contributed by atoms with van der Waals surface area (Å²) in [6.45, 7) is 0.422. The Labute approximate surface area is 140 Å². The van der Waals surface area contributed by atoms with Gasteiger partial charge in [0, 0.05) is 16.8 Å². The van der Waals surface area contributed by atoms with Gasteiger partial charge < -0.3 is 0 Å². The highest BCUT2D eigenvalue weighted by Crippen LogP contribution is 2.42. The Morgan fingerprint density at radius 3 is 2.61 bits per heavy atom. The van der Waals surface area contributed by atoms with E-state index in [9.17, 15) is 12.8 Å². The molecule has 1 saturated carbocycles. The summed E-state index contributed by atoms with van der Waals surface area (Å²) in [7, 11) is -3.48. The van der Waals surface area contributed by atoms with E-state index in [0.717, 1.165) is 25.7 Å². The first kappa shape index (κ1) is 16.6. The van der Waals surface area contributed by atoms with Gasteiger partial charge in [-0.3, -0.25) is 0 Å². The number of halogens is 1. The van der Waals surface area contributed by atoms with Crippen molar-refractivity contribution in [2.45, 2.75) is 36.9 Å². The molecule has 0 aliphatic heterocycles. The van der Waals surface area contributed by atoms with Crippen LogP contribution in [0.25, 0.3) is 0 Å². The minimum Gasteiger partial charge on any atom is -0.214 e. The number of thiophene rings is 1. The predicted octanol–water partition coefficient (Wildman–Crippen LogP) is 3.82. The second-order valence-electron chi connectivity index (χ2n) is 6.17. The van der Waals surface area contributed by atoms with Gasteiger partial charge in [-0.2, -0.15) is 0 Å². The van der Waals surface area contributed by atoms with Crippen LogP contribution in [0.5, 0.6) is 0 Å². The van der Waals surface area contributed by atoms with Crippen molar-refractivity contribution in [3.63, 3.8) is 0 Å². The summed E-state index contributed by atoms with van der Waals surface area (Å²) in [5.74, 6) is -0.603. The van der Waals surface area contributed by atoms with Crippen molar-refractivity contribution in [3.8, 4) is 0 Å². The zero-order valence-corrected chi connectivity index (χ0v) is 14.4. The first-order chi connectivity index (χ1) is 11.0. The molecule has 1 aliphatic carbocycles. The second-order valence-corrected chi connectivity index (χ2v) is 8.93. The zero-order valence-electron chi connectivity index (χ0n) is 12.8. The quantitative estimate of drug-likeness (QED) is 0.858. The maximum Gasteiger partial charge on any atom is 0.215 e. The SMILES string of the molecule is O=S(=O)(Cc1cccc(F)c1)NCC1(c2cccs2)CCCC1. The van der Waals surface area contributed by atoms with Crippen molar-refractivity contribution in [2.75, 3.05) is 6.54 Å². The fraction of sp³-hybridized carbons (Fsp3) is 0.412. The first-order valence-corrected chi connectivity index (χ1v) is 10.3. The Balaban J connectivity index is 1.70. The number of hydrogen-bond acceptors (Lipinski definition) is 3. The Morgan fingerprint density at radius 1 is 1.17 bits per heavy atom. The number of benzene rings is 1. The summed E-state index contributed by atoms with van der Waals surface area (Å²) in [5.41, 5.74) is 0.387. The summed E-state index contributed by atoms with van der Waals surface area (Å²) in [6, 6.07) is 9.85. The van der Waals surface area contributed by atoms with Crippen LogP contribution in [0.15, 0.2) is 41.8 Å². The van der Waals surface area contributed by atoms with Gasteiger partial charge in [0.1, 0.15) is 5.82 Å². The molecule has 0 radical (unpaired) electrons. The summed E-state index contributed by atoms with van der Waals surface area (Å²) in [4.78, 5) is 1.25. The molecule has 0 atom stereocenters. The van der Waals surface area contributed by atoms with Crippen LogP contribution in [-0.2, 0) is 21.2 Å². The normalized spacial score (nSPS) is 17.4. The first-order valence-electron chi connectivity index (χ1n) is 7.75. The molecule has 0 amide bonds. The molecule has 0 saturated heterocycles. The molecule has 23 heavy (non-hydrogen) atoms. The van der Waals surface area contributed by atoms with E-state index in [0.29, 0.717) is 12.1 Å². The van der Waals surface area contributed by atoms with E-state index < -0.39 is 15.8 Å². The molecule has 0 bridgehead atoms. The molecule has 0 spiro atoms. The van der Waals surface area contributed by atoms with Crippen molar-refractivity contribution >= 4 is 21.4 Å². The molecule has 0 unspecified atom stereocenters. The molecule has 3 rings (SSSR count). The van der Waals surface area contributed by atoms with E-state index >= 15 is 0 Å². The molecule has 2 aromatic rings. The Hall–Kier alpha value is -1.24. The summed E-state index contributed by atoms with van der Waals surface area (Å²) in [6.07, 6.45) is 4.28. The summed E-state index contributed by atoms with van der Waals surface area (Å²) < 4.78 is 40.7. The average Bonchev–Trinajstić information content (AvgIpc) is 3.17. The van der Waals surface area contributed by atoms with E-state index in [2.05, 4.69) is 10.8 Å².